The van der Waals surface area contributed by atoms with Crippen molar-refractivity contribution in [3.8, 4) is 11.5 Å². The summed E-state index contributed by atoms with van der Waals surface area (Å²) in [5.41, 5.74) is 0.0533. The van der Waals surface area contributed by atoms with Crippen LogP contribution in [-0.2, 0) is 34.5 Å². The molecule has 0 radical (unpaired) electrons. The molecule has 11 nitrogen and oxygen atoms in total. The number of rotatable bonds is 10. The number of imidazole rings is 1. The maximum Gasteiger partial charge on any atom is 0.306 e. The van der Waals surface area contributed by atoms with Crippen LogP contribution in [0.2, 0.25) is 0 Å². The number of aryl methyl sites for hydroxylation is 1. The summed E-state index contributed by atoms with van der Waals surface area (Å²) in [6, 6.07) is 8.26. The molecule has 1 fully saturated rings. The van der Waals surface area contributed by atoms with Gasteiger partial charge in [0.25, 0.3) is 0 Å². The molecule has 1 N–H and O–H groups in total. The van der Waals surface area contributed by atoms with Gasteiger partial charge in [-0.3, -0.25) is 19.3 Å². The number of esters is 1. The first-order valence-electron chi connectivity index (χ1n) is 11.9. The van der Waals surface area contributed by atoms with Gasteiger partial charge >= 0.3 is 5.97 Å². The Kier molecular flexibility index (Phi) is 8.24. The molecule has 0 aliphatic carbocycles. The second-order valence-corrected chi connectivity index (χ2v) is 8.85. The van der Waals surface area contributed by atoms with E-state index in [4.69, 9.17) is 13.9 Å². The van der Waals surface area contributed by atoms with Gasteiger partial charge in [0.1, 0.15) is 23.9 Å². The Bertz CT molecular complexity index is 1280. The summed E-state index contributed by atoms with van der Waals surface area (Å²) in [5, 5.41) is 10.6. The number of hydrogen-bond donors (Lipinski definition) is 1. The molecule has 0 unspecified atom stereocenters. The van der Waals surface area contributed by atoms with E-state index < -0.39 is 23.1 Å². The van der Waals surface area contributed by atoms with Crippen LogP contribution in [0.25, 0.3) is 0 Å². The number of amides is 1. The third-order valence-electron chi connectivity index (χ3n) is 6.42. The van der Waals surface area contributed by atoms with Crippen LogP contribution in [0.3, 0.4) is 0 Å². The normalized spacial score (nSPS) is 14.8. The van der Waals surface area contributed by atoms with Crippen LogP contribution < -0.4 is 10.2 Å². The smallest absolute Gasteiger partial charge is 0.306 e. The maximum absolute atomic E-state index is 12.6. The van der Waals surface area contributed by atoms with Gasteiger partial charge < -0.3 is 28.5 Å². The van der Waals surface area contributed by atoms with E-state index in [1.54, 1.807) is 35.4 Å². The lowest BCUT2D eigenvalue weighted by atomic mass is 9.92. The van der Waals surface area contributed by atoms with Crippen molar-refractivity contribution in [2.24, 2.45) is 7.05 Å². The van der Waals surface area contributed by atoms with E-state index in [0.29, 0.717) is 49.8 Å². The predicted molar refractivity (Wildman–Crippen MR) is 132 cm³/mol. The number of hydrogen-bond acceptors (Lipinski definition) is 9. The molecule has 2 aromatic heterocycles. The van der Waals surface area contributed by atoms with Crippen LogP contribution in [-0.4, -0.2) is 70.1 Å². The molecule has 0 spiro atoms. The van der Waals surface area contributed by atoms with Gasteiger partial charge in [0, 0.05) is 51.7 Å². The number of carbonyl (C=O) groups is 2. The Labute approximate surface area is 213 Å². The molecule has 3 aromatic rings. The van der Waals surface area contributed by atoms with Gasteiger partial charge in [-0.05, 0) is 17.7 Å². The minimum absolute atomic E-state index is 0.00102. The number of methoxy groups -OCH3 is 1. The van der Waals surface area contributed by atoms with Crippen molar-refractivity contribution in [2.75, 3.05) is 33.3 Å². The first-order chi connectivity index (χ1) is 17.9. The van der Waals surface area contributed by atoms with E-state index in [2.05, 4.69) is 9.88 Å². The third-order valence-corrected chi connectivity index (χ3v) is 6.42. The summed E-state index contributed by atoms with van der Waals surface area (Å²) < 4.78 is 18.6. The Morgan fingerprint density at radius 3 is 2.57 bits per heavy atom. The number of piperazine rings is 1. The molecular weight excluding hydrogens is 480 g/mol. The number of ether oxygens (including phenoxy) is 2. The van der Waals surface area contributed by atoms with Crippen molar-refractivity contribution < 1.29 is 28.6 Å². The molecule has 3 heterocycles. The molecule has 1 saturated heterocycles. The van der Waals surface area contributed by atoms with E-state index in [1.807, 2.05) is 17.8 Å². The van der Waals surface area contributed by atoms with Crippen molar-refractivity contribution in [3.63, 3.8) is 0 Å². The highest BCUT2D eigenvalue weighted by Crippen LogP contribution is 2.34. The highest BCUT2D eigenvalue weighted by molar-refractivity contribution is 5.71. The Morgan fingerprint density at radius 1 is 1.22 bits per heavy atom. The molecule has 1 amide bonds. The fourth-order valence-electron chi connectivity index (χ4n) is 4.21. The third kappa shape index (κ3) is 6.36. The molecule has 11 heteroatoms. The fourth-order valence-corrected chi connectivity index (χ4v) is 4.21. The summed E-state index contributed by atoms with van der Waals surface area (Å²) in [7, 11) is 3.16. The van der Waals surface area contributed by atoms with Crippen molar-refractivity contribution >= 4 is 12.4 Å². The van der Waals surface area contributed by atoms with Gasteiger partial charge in [0.15, 0.2) is 5.76 Å². The van der Waals surface area contributed by atoms with Crippen LogP contribution in [0.4, 0.5) is 0 Å². The van der Waals surface area contributed by atoms with E-state index in [0.717, 1.165) is 12.2 Å². The number of carbonyl (C=O) groups excluding carboxylic acids is 2. The number of nitrogens with zero attached hydrogens (tertiary/aromatic N) is 4. The van der Waals surface area contributed by atoms with Gasteiger partial charge in [-0.15, -0.1) is 0 Å². The van der Waals surface area contributed by atoms with Gasteiger partial charge in [-0.25, -0.2) is 4.98 Å². The van der Waals surface area contributed by atoms with E-state index >= 15 is 0 Å². The summed E-state index contributed by atoms with van der Waals surface area (Å²) in [6.45, 7) is 3.04. The molecule has 1 aliphatic heterocycles. The fraction of sp³-hybridized carbons (Fsp3) is 0.385. The highest BCUT2D eigenvalue weighted by Gasteiger charge is 2.27. The first-order valence-corrected chi connectivity index (χ1v) is 11.9. The Morgan fingerprint density at radius 2 is 1.95 bits per heavy atom. The standard InChI is InChI=1S/C26H30N4O7/c1-28-8-7-27-23(28)16-36-19-5-3-18(4-6-19)21(14-24(33)35-2)26-25(34)22(32)13-20(37-26)15-29-9-11-30(17-31)12-10-29/h3-8,13,17,21,34H,9-12,14-16H2,1-2H3/t21-/m1/s1. The van der Waals surface area contributed by atoms with E-state index in [1.165, 1.54) is 13.2 Å². The highest BCUT2D eigenvalue weighted by atomic mass is 16.5. The Balaban J connectivity index is 1.57. The largest absolute Gasteiger partial charge is 0.502 e. The summed E-state index contributed by atoms with van der Waals surface area (Å²) >= 11 is 0. The van der Waals surface area contributed by atoms with Crippen LogP contribution >= 0.6 is 0 Å². The molecular formula is C26H30N4O7. The molecule has 1 aromatic carbocycles. The summed E-state index contributed by atoms with van der Waals surface area (Å²) in [5.74, 6) is -0.0868. The van der Waals surface area contributed by atoms with Crippen molar-refractivity contribution in [1.82, 2.24) is 19.4 Å². The molecule has 0 bridgehead atoms. The predicted octanol–water partition coefficient (Wildman–Crippen LogP) is 1.63. The minimum Gasteiger partial charge on any atom is -0.502 e. The monoisotopic (exact) mass is 510 g/mol. The number of aromatic hydroxyl groups is 1. The summed E-state index contributed by atoms with van der Waals surface area (Å²) in [6.07, 6.45) is 4.21. The zero-order chi connectivity index (χ0) is 26.4. The average Bonchev–Trinajstić information content (AvgIpc) is 3.33. The van der Waals surface area contributed by atoms with Gasteiger partial charge in [0.2, 0.25) is 17.6 Å². The number of aromatic nitrogens is 2. The van der Waals surface area contributed by atoms with Crippen LogP contribution in [0.15, 0.2) is 51.9 Å². The molecule has 4 rings (SSSR count). The molecule has 196 valence electrons. The lowest BCUT2D eigenvalue weighted by molar-refractivity contribution is -0.141. The van der Waals surface area contributed by atoms with Crippen LogP contribution in [0.1, 0.15) is 35.2 Å². The Hall–Kier alpha value is -4.12. The first kappa shape index (κ1) is 26.0. The average molecular weight is 511 g/mol. The van der Waals surface area contributed by atoms with Crippen molar-refractivity contribution in [2.45, 2.75) is 25.5 Å². The van der Waals surface area contributed by atoms with Gasteiger partial charge in [-0.2, -0.15) is 0 Å². The molecule has 0 saturated carbocycles. The second-order valence-electron chi connectivity index (χ2n) is 8.85. The SMILES string of the molecule is COC(=O)C[C@H](c1ccc(OCc2nccn2C)cc1)c1oc(CN2CCN(C=O)CC2)cc(=O)c1O. The number of benzene rings is 1. The van der Waals surface area contributed by atoms with E-state index in [9.17, 15) is 19.5 Å². The van der Waals surface area contributed by atoms with Gasteiger partial charge in [0.05, 0.1) is 26.0 Å². The minimum atomic E-state index is -0.754. The van der Waals surface area contributed by atoms with Crippen molar-refractivity contribution in [3.05, 3.63) is 75.9 Å². The van der Waals surface area contributed by atoms with Gasteiger partial charge in [-0.1, -0.05) is 12.1 Å². The summed E-state index contributed by atoms with van der Waals surface area (Å²) in [4.78, 5) is 43.8. The molecule has 1 atom stereocenters. The van der Waals surface area contributed by atoms with E-state index in [-0.39, 0.29) is 18.8 Å². The quantitative estimate of drug-likeness (QED) is 0.320. The molecule has 37 heavy (non-hydrogen) atoms. The zero-order valence-electron chi connectivity index (χ0n) is 20.8. The zero-order valence-corrected chi connectivity index (χ0v) is 20.8. The lowest BCUT2D eigenvalue weighted by Gasteiger charge is -2.32. The van der Waals surface area contributed by atoms with Crippen LogP contribution in [0, 0.1) is 0 Å². The van der Waals surface area contributed by atoms with Crippen LogP contribution in [0.5, 0.6) is 11.5 Å². The molecule has 1 aliphatic rings. The second kappa shape index (κ2) is 11.7. The maximum atomic E-state index is 12.6. The van der Waals surface area contributed by atoms with Crippen molar-refractivity contribution in [1.29, 1.82) is 0 Å². The lowest BCUT2D eigenvalue weighted by Crippen LogP contribution is -2.45. The topological polar surface area (TPSA) is 127 Å².